The third kappa shape index (κ3) is 11.1. The molecule has 6 aromatic rings. The van der Waals surface area contributed by atoms with Gasteiger partial charge < -0.3 is 39.3 Å². The zero-order chi connectivity index (χ0) is 32.5. The first-order valence-corrected chi connectivity index (χ1v) is 14.5. The molecule has 249 valence electrons. The van der Waals surface area contributed by atoms with E-state index in [1.807, 2.05) is 87.2 Å². The molecule has 0 bridgehead atoms. The van der Waals surface area contributed by atoms with E-state index in [9.17, 15) is 14.7 Å². The number of aromatic nitrogens is 6. The first-order valence-electron chi connectivity index (χ1n) is 14.5. The van der Waals surface area contributed by atoms with E-state index in [1.165, 1.54) is 28.5 Å². The number of aryl methyl sites for hydroxylation is 6. The van der Waals surface area contributed by atoms with Crippen molar-refractivity contribution in [1.82, 2.24) is 29.5 Å². The van der Waals surface area contributed by atoms with Gasteiger partial charge in [-0.3, -0.25) is 24.7 Å². The van der Waals surface area contributed by atoms with Gasteiger partial charge in [0.2, 0.25) is 0 Å². The van der Waals surface area contributed by atoms with Crippen LogP contribution in [0.2, 0.25) is 0 Å². The Kier molecular flexibility index (Phi) is 16.9. The summed E-state index contributed by atoms with van der Waals surface area (Å²) in [5.74, 6) is -1.46. The number of aromatic carboxylic acids is 1. The van der Waals surface area contributed by atoms with Gasteiger partial charge >= 0.3 is 19.5 Å². The molecule has 1 radical (unpaired) electrons. The van der Waals surface area contributed by atoms with Crippen LogP contribution in [0.25, 0.3) is 33.8 Å². The zero-order valence-electron chi connectivity index (χ0n) is 27.4. The summed E-state index contributed by atoms with van der Waals surface area (Å²) >= 11 is 0. The summed E-state index contributed by atoms with van der Waals surface area (Å²) in [6.45, 7) is 12.4. The Balaban J connectivity index is 0.000000351. The van der Waals surface area contributed by atoms with Crippen molar-refractivity contribution in [1.29, 1.82) is 0 Å². The van der Waals surface area contributed by atoms with E-state index in [1.54, 1.807) is 16.7 Å². The molecule has 6 heterocycles. The van der Waals surface area contributed by atoms with Gasteiger partial charge in [-0.1, -0.05) is 0 Å². The minimum absolute atomic E-state index is 0. The Morgan fingerprint density at radius 1 is 0.667 bits per heavy atom. The molecular formula is C36H35Cl2N6O3Ru. The van der Waals surface area contributed by atoms with Gasteiger partial charge in [-0.2, -0.15) is 0 Å². The van der Waals surface area contributed by atoms with Gasteiger partial charge in [0, 0.05) is 43.2 Å². The second kappa shape index (κ2) is 19.5. The van der Waals surface area contributed by atoms with Crippen LogP contribution in [0.15, 0.2) is 96.4 Å². The van der Waals surface area contributed by atoms with E-state index in [0.29, 0.717) is 17.6 Å². The number of carbonyl (C=O) groups excluding carboxylic acids is 1. The van der Waals surface area contributed by atoms with E-state index in [-0.39, 0.29) is 49.9 Å². The first-order chi connectivity index (χ1) is 21.5. The van der Waals surface area contributed by atoms with E-state index in [4.69, 9.17) is 0 Å². The van der Waals surface area contributed by atoms with E-state index >= 15 is 0 Å². The molecule has 6 rings (SSSR count). The Morgan fingerprint density at radius 3 is 1.35 bits per heavy atom. The summed E-state index contributed by atoms with van der Waals surface area (Å²) in [5, 5.41) is 11.2. The van der Waals surface area contributed by atoms with Crippen LogP contribution in [-0.4, -0.2) is 35.5 Å². The summed E-state index contributed by atoms with van der Waals surface area (Å²) in [4.78, 5) is 44.1. The molecule has 0 saturated heterocycles. The summed E-state index contributed by atoms with van der Waals surface area (Å²) < 4.78 is 1.63. The summed E-state index contributed by atoms with van der Waals surface area (Å²) in [5.41, 5.74) is 8.99. The zero-order valence-corrected chi connectivity index (χ0v) is 30.6. The maximum atomic E-state index is 11.9. The fraction of sp³-hybridized carbons (Fsp3) is 0.194. The number of halogens is 2. The SMILES string of the molecule is CCn1cc(C(=O)[O-])c(=O)c2ccc(C)nc21.Cc1ccnc(-c2cc(C)ccn2)c1.Cc1ccnc(-c2cc(C)ccn2)c1.[Cl-].[Cl-].[Ru+3]. The van der Waals surface area contributed by atoms with Crippen LogP contribution in [-0.2, 0) is 26.0 Å². The van der Waals surface area contributed by atoms with Gasteiger partial charge in [-0.15, -0.1) is 0 Å². The average Bonchev–Trinajstić information content (AvgIpc) is 3.02. The van der Waals surface area contributed by atoms with Crippen LogP contribution < -0.4 is 35.3 Å². The molecule has 12 heteroatoms. The molecule has 0 saturated carbocycles. The minimum Gasteiger partial charge on any atom is -1.00 e. The summed E-state index contributed by atoms with van der Waals surface area (Å²) in [6, 6.07) is 19.4. The number of pyridine rings is 6. The molecule has 0 aliphatic carbocycles. The molecule has 0 unspecified atom stereocenters. The number of fused-ring (bicyclic) bond motifs is 1. The second-order valence-electron chi connectivity index (χ2n) is 10.6. The average molecular weight is 772 g/mol. The molecule has 0 aliphatic rings. The van der Waals surface area contributed by atoms with Crippen LogP contribution >= 0.6 is 0 Å². The smallest absolute Gasteiger partial charge is 1.00 e. The molecule has 6 aromatic heterocycles. The van der Waals surface area contributed by atoms with Crippen molar-refractivity contribution in [3.05, 3.63) is 135 Å². The second-order valence-corrected chi connectivity index (χ2v) is 10.6. The molecule has 0 atom stereocenters. The topological polar surface area (TPSA) is 127 Å². The van der Waals surface area contributed by atoms with Crippen molar-refractivity contribution in [3.63, 3.8) is 0 Å². The first kappa shape index (κ1) is 41.7. The molecule has 0 fully saturated rings. The van der Waals surface area contributed by atoms with Gasteiger partial charge in [-0.25, -0.2) is 4.98 Å². The number of carboxylic acid groups (broad SMARTS) is 1. The van der Waals surface area contributed by atoms with Gasteiger partial charge in [0.25, 0.3) is 0 Å². The van der Waals surface area contributed by atoms with Crippen molar-refractivity contribution < 1.29 is 54.2 Å². The van der Waals surface area contributed by atoms with Gasteiger partial charge in [0.15, 0.2) is 5.43 Å². The molecule has 48 heavy (non-hydrogen) atoms. The van der Waals surface area contributed by atoms with Crippen molar-refractivity contribution in [2.45, 2.75) is 48.1 Å². The minimum atomic E-state index is -1.46. The van der Waals surface area contributed by atoms with Gasteiger partial charge in [0.1, 0.15) is 5.65 Å². The molecule has 0 aromatic carbocycles. The third-order valence-electron chi connectivity index (χ3n) is 6.81. The van der Waals surface area contributed by atoms with Crippen LogP contribution in [0.1, 0.15) is 45.2 Å². The monoisotopic (exact) mass is 771 g/mol. The Morgan fingerprint density at radius 2 is 1.04 bits per heavy atom. The molecule has 0 spiro atoms. The number of carbonyl (C=O) groups is 1. The van der Waals surface area contributed by atoms with Crippen molar-refractivity contribution in [2.24, 2.45) is 0 Å². The predicted molar refractivity (Wildman–Crippen MR) is 175 cm³/mol. The summed E-state index contributed by atoms with van der Waals surface area (Å²) in [7, 11) is 0. The normalized spacial score (nSPS) is 9.71. The molecule has 0 N–H and O–H groups in total. The van der Waals surface area contributed by atoms with Gasteiger partial charge in [-0.05, 0) is 124 Å². The largest absolute Gasteiger partial charge is 3.00 e. The van der Waals surface area contributed by atoms with Crippen molar-refractivity contribution >= 4 is 17.0 Å². The van der Waals surface area contributed by atoms with E-state index < -0.39 is 11.4 Å². The number of nitrogens with zero attached hydrogens (tertiary/aromatic N) is 6. The maximum absolute atomic E-state index is 11.9. The number of hydrogen-bond acceptors (Lipinski definition) is 8. The fourth-order valence-corrected chi connectivity index (χ4v) is 4.45. The Hall–Kier alpha value is -4.37. The number of rotatable bonds is 4. The fourth-order valence-electron chi connectivity index (χ4n) is 4.45. The van der Waals surface area contributed by atoms with Crippen molar-refractivity contribution in [3.8, 4) is 22.8 Å². The Labute approximate surface area is 305 Å². The number of carboxylic acids is 1. The summed E-state index contributed by atoms with van der Waals surface area (Å²) in [6.07, 6.45) is 8.54. The molecule has 9 nitrogen and oxygen atoms in total. The third-order valence-corrected chi connectivity index (χ3v) is 6.81. The molecule has 0 aliphatic heterocycles. The van der Waals surface area contributed by atoms with Crippen LogP contribution in [0.5, 0.6) is 0 Å². The quantitative estimate of drug-likeness (QED) is 0.222. The van der Waals surface area contributed by atoms with Crippen LogP contribution in [0.4, 0.5) is 0 Å². The number of hydrogen-bond donors (Lipinski definition) is 0. The van der Waals surface area contributed by atoms with E-state index in [2.05, 4.69) is 52.6 Å². The van der Waals surface area contributed by atoms with E-state index in [0.717, 1.165) is 28.5 Å². The van der Waals surface area contributed by atoms with Crippen LogP contribution in [0, 0.1) is 34.6 Å². The van der Waals surface area contributed by atoms with Crippen molar-refractivity contribution in [2.75, 3.05) is 0 Å². The Bertz CT molecular complexity index is 1860. The molecule has 0 amide bonds. The predicted octanol–water partition coefficient (Wildman–Crippen LogP) is -0.385. The standard InChI is InChI=1S/C12H12N2O3.2C12H12N2.2ClH.Ru/c1-3-14-6-9(12(16)17)10(15)8-5-4-7(2)13-11(8)14;2*1-9-3-5-13-11(7-9)12-8-10(2)4-6-14-12;;;/h4-6H,3H2,1-2H3,(H,16,17);2*3-8H,1-2H3;2*1H;/q;;;;;+3/p-3. The molecular weight excluding hydrogens is 736 g/mol. The maximum Gasteiger partial charge on any atom is 3.00 e. The van der Waals surface area contributed by atoms with Gasteiger partial charge in [0.05, 0.1) is 39.7 Å². The van der Waals surface area contributed by atoms with Crippen LogP contribution in [0.3, 0.4) is 0 Å².